The van der Waals surface area contributed by atoms with Crippen molar-refractivity contribution < 1.29 is 14.0 Å². The molecule has 0 unspecified atom stereocenters. The fourth-order valence-electron chi connectivity index (χ4n) is 2.78. The predicted octanol–water partition coefficient (Wildman–Crippen LogP) is 2.48. The van der Waals surface area contributed by atoms with Crippen molar-refractivity contribution in [1.29, 1.82) is 0 Å². The molecule has 1 heterocycles. The summed E-state index contributed by atoms with van der Waals surface area (Å²) >= 11 is 0. The van der Waals surface area contributed by atoms with Gasteiger partial charge >= 0.3 is 6.03 Å². The molecule has 0 atom stereocenters. The molecule has 6 heteroatoms. The molecule has 1 fully saturated rings. The SMILES string of the molecule is CCN(CC)C(=O)NC1CCN(C(=O)c2ccc(F)cc2)CC1. The summed E-state index contributed by atoms with van der Waals surface area (Å²) in [6.45, 7) is 6.47. The molecule has 0 spiro atoms. The van der Waals surface area contributed by atoms with Crippen molar-refractivity contribution in [2.45, 2.75) is 32.7 Å². The average Bonchev–Trinajstić information content (AvgIpc) is 2.57. The van der Waals surface area contributed by atoms with Gasteiger partial charge in [0.05, 0.1) is 0 Å². The molecule has 126 valence electrons. The van der Waals surface area contributed by atoms with Gasteiger partial charge in [0.2, 0.25) is 0 Å². The standard InChI is InChI=1S/C17H24FN3O2/c1-3-20(4-2)17(23)19-15-9-11-21(12-10-15)16(22)13-5-7-14(18)8-6-13/h5-8,15H,3-4,9-12H2,1-2H3,(H,19,23). The van der Waals surface area contributed by atoms with Gasteiger partial charge in [0.15, 0.2) is 0 Å². The number of hydrogen-bond donors (Lipinski definition) is 1. The zero-order valence-corrected chi connectivity index (χ0v) is 13.7. The quantitative estimate of drug-likeness (QED) is 0.926. The van der Waals surface area contributed by atoms with Crippen molar-refractivity contribution >= 4 is 11.9 Å². The van der Waals surface area contributed by atoms with Crippen LogP contribution in [0.3, 0.4) is 0 Å². The minimum Gasteiger partial charge on any atom is -0.338 e. The highest BCUT2D eigenvalue weighted by Gasteiger charge is 2.25. The second-order valence-corrected chi connectivity index (χ2v) is 5.70. The molecule has 1 aromatic carbocycles. The summed E-state index contributed by atoms with van der Waals surface area (Å²) in [7, 11) is 0. The Kier molecular flexibility index (Phi) is 5.96. The van der Waals surface area contributed by atoms with Crippen LogP contribution in [-0.4, -0.2) is 54.0 Å². The second kappa shape index (κ2) is 7.94. The summed E-state index contributed by atoms with van der Waals surface area (Å²) in [5.41, 5.74) is 0.497. The minimum atomic E-state index is -0.348. The number of urea groups is 1. The molecule has 0 aliphatic carbocycles. The largest absolute Gasteiger partial charge is 0.338 e. The number of carbonyl (C=O) groups excluding carboxylic acids is 2. The molecule has 1 N–H and O–H groups in total. The first kappa shape index (κ1) is 17.2. The lowest BCUT2D eigenvalue weighted by molar-refractivity contribution is 0.0706. The van der Waals surface area contributed by atoms with Crippen LogP contribution >= 0.6 is 0 Å². The smallest absolute Gasteiger partial charge is 0.317 e. The van der Waals surface area contributed by atoms with E-state index in [0.29, 0.717) is 31.7 Å². The Morgan fingerprint density at radius 1 is 1.17 bits per heavy atom. The van der Waals surface area contributed by atoms with Crippen LogP contribution in [0.5, 0.6) is 0 Å². The maximum absolute atomic E-state index is 12.9. The highest BCUT2D eigenvalue weighted by Crippen LogP contribution is 2.15. The first-order valence-electron chi connectivity index (χ1n) is 8.15. The zero-order chi connectivity index (χ0) is 16.8. The Labute approximate surface area is 136 Å². The van der Waals surface area contributed by atoms with Gasteiger partial charge in [0.25, 0.3) is 5.91 Å². The van der Waals surface area contributed by atoms with Crippen LogP contribution in [0.1, 0.15) is 37.0 Å². The number of halogens is 1. The van der Waals surface area contributed by atoms with E-state index in [-0.39, 0.29) is 23.8 Å². The first-order valence-corrected chi connectivity index (χ1v) is 8.15. The third kappa shape index (κ3) is 4.43. The number of hydrogen-bond acceptors (Lipinski definition) is 2. The number of nitrogens with zero attached hydrogens (tertiary/aromatic N) is 2. The van der Waals surface area contributed by atoms with Crippen LogP contribution in [0.15, 0.2) is 24.3 Å². The van der Waals surface area contributed by atoms with Crippen molar-refractivity contribution in [1.82, 2.24) is 15.1 Å². The van der Waals surface area contributed by atoms with Gasteiger partial charge in [0, 0.05) is 37.8 Å². The van der Waals surface area contributed by atoms with Gasteiger partial charge in [-0.2, -0.15) is 0 Å². The van der Waals surface area contributed by atoms with E-state index in [1.165, 1.54) is 24.3 Å². The minimum absolute atomic E-state index is 0.0432. The van der Waals surface area contributed by atoms with Gasteiger partial charge in [-0.1, -0.05) is 0 Å². The van der Waals surface area contributed by atoms with Crippen LogP contribution in [0.4, 0.5) is 9.18 Å². The maximum atomic E-state index is 12.9. The Balaban J connectivity index is 1.85. The number of likely N-dealkylation sites (tertiary alicyclic amines) is 1. The number of amides is 3. The number of nitrogens with one attached hydrogen (secondary N) is 1. The zero-order valence-electron chi connectivity index (χ0n) is 13.7. The lowest BCUT2D eigenvalue weighted by atomic mass is 10.0. The molecule has 0 saturated carbocycles. The molecule has 1 aromatic rings. The topological polar surface area (TPSA) is 52.7 Å². The molecule has 3 amide bonds. The lowest BCUT2D eigenvalue weighted by Crippen LogP contribution is -2.50. The molecule has 1 aliphatic rings. The highest BCUT2D eigenvalue weighted by atomic mass is 19.1. The van der Waals surface area contributed by atoms with Crippen molar-refractivity contribution in [3.63, 3.8) is 0 Å². The van der Waals surface area contributed by atoms with Gasteiger partial charge in [-0.05, 0) is 51.0 Å². The van der Waals surface area contributed by atoms with Crippen LogP contribution in [0.2, 0.25) is 0 Å². The van der Waals surface area contributed by atoms with Crippen LogP contribution in [0, 0.1) is 5.82 Å². The van der Waals surface area contributed by atoms with Crippen LogP contribution in [0.25, 0.3) is 0 Å². The van der Waals surface area contributed by atoms with Crippen LogP contribution < -0.4 is 5.32 Å². The molecule has 0 radical (unpaired) electrons. The molecular formula is C17H24FN3O2. The number of benzene rings is 1. The Bertz CT molecular complexity index is 535. The summed E-state index contributed by atoms with van der Waals surface area (Å²) in [5, 5.41) is 3.03. The molecule has 5 nitrogen and oxygen atoms in total. The molecule has 0 bridgehead atoms. The van der Waals surface area contributed by atoms with Crippen LogP contribution in [-0.2, 0) is 0 Å². The third-order valence-electron chi connectivity index (χ3n) is 4.25. The number of carbonyl (C=O) groups is 2. The molecule has 0 aromatic heterocycles. The molecule has 23 heavy (non-hydrogen) atoms. The van der Waals surface area contributed by atoms with E-state index in [0.717, 1.165) is 12.8 Å². The fourth-order valence-corrected chi connectivity index (χ4v) is 2.78. The highest BCUT2D eigenvalue weighted by molar-refractivity contribution is 5.94. The van der Waals surface area contributed by atoms with Gasteiger partial charge in [-0.3, -0.25) is 4.79 Å². The summed E-state index contributed by atoms with van der Waals surface area (Å²) < 4.78 is 12.9. The van der Waals surface area contributed by atoms with Gasteiger partial charge in [-0.15, -0.1) is 0 Å². The van der Waals surface area contributed by atoms with Crippen molar-refractivity contribution in [3.8, 4) is 0 Å². The van der Waals surface area contributed by atoms with Crippen molar-refractivity contribution in [3.05, 3.63) is 35.6 Å². The van der Waals surface area contributed by atoms with Gasteiger partial charge in [0.1, 0.15) is 5.82 Å². The van der Waals surface area contributed by atoms with Crippen molar-refractivity contribution in [2.75, 3.05) is 26.2 Å². The predicted molar refractivity (Wildman–Crippen MR) is 86.8 cm³/mol. The third-order valence-corrected chi connectivity index (χ3v) is 4.25. The van der Waals surface area contributed by atoms with Crippen molar-refractivity contribution in [2.24, 2.45) is 0 Å². The van der Waals surface area contributed by atoms with E-state index in [9.17, 15) is 14.0 Å². The molecule has 1 aliphatic heterocycles. The second-order valence-electron chi connectivity index (χ2n) is 5.70. The van der Waals surface area contributed by atoms with Gasteiger partial charge < -0.3 is 15.1 Å². The lowest BCUT2D eigenvalue weighted by Gasteiger charge is -2.33. The summed E-state index contributed by atoms with van der Waals surface area (Å²) in [5.74, 6) is -0.433. The van der Waals surface area contributed by atoms with E-state index in [4.69, 9.17) is 0 Å². The molecule has 2 rings (SSSR count). The maximum Gasteiger partial charge on any atom is 0.317 e. The first-order chi connectivity index (χ1) is 11.0. The number of piperidine rings is 1. The fraction of sp³-hybridized carbons (Fsp3) is 0.529. The summed E-state index contributed by atoms with van der Waals surface area (Å²) in [4.78, 5) is 27.9. The van der Waals surface area contributed by atoms with E-state index < -0.39 is 0 Å². The number of rotatable bonds is 4. The summed E-state index contributed by atoms with van der Waals surface area (Å²) in [6, 6.07) is 5.66. The molecular weight excluding hydrogens is 297 g/mol. The molecule has 1 saturated heterocycles. The Morgan fingerprint density at radius 2 is 1.74 bits per heavy atom. The normalized spacial score (nSPS) is 15.3. The monoisotopic (exact) mass is 321 g/mol. The Hall–Kier alpha value is -2.11. The summed E-state index contributed by atoms with van der Waals surface area (Å²) in [6.07, 6.45) is 1.47. The van der Waals surface area contributed by atoms with E-state index in [1.54, 1.807) is 9.80 Å². The Morgan fingerprint density at radius 3 is 2.26 bits per heavy atom. The van der Waals surface area contributed by atoms with E-state index >= 15 is 0 Å². The van der Waals surface area contributed by atoms with E-state index in [1.807, 2.05) is 13.8 Å². The average molecular weight is 321 g/mol. The van der Waals surface area contributed by atoms with E-state index in [2.05, 4.69) is 5.32 Å². The van der Waals surface area contributed by atoms with Gasteiger partial charge in [-0.25, -0.2) is 9.18 Å².